The molecule has 1 rings (SSSR count). The fourth-order valence-corrected chi connectivity index (χ4v) is 1.09. The van der Waals surface area contributed by atoms with Gasteiger partial charge in [0.1, 0.15) is 5.82 Å². The summed E-state index contributed by atoms with van der Waals surface area (Å²) in [5, 5.41) is 3.22. The summed E-state index contributed by atoms with van der Waals surface area (Å²) in [6.07, 6.45) is 0. The maximum atomic E-state index is 4.92. The highest BCUT2D eigenvalue weighted by Crippen LogP contribution is 2.01. The largest absolute Gasteiger partial charge is 0.383 e. The minimum atomic E-state index is 0.735. The van der Waals surface area contributed by atoms with Crippen molar-refractivity contribution in [3.63, 3.8) is 0 Å². The van der Waals surface area contributed by atoms with Crippen molar-refractivity contribution in [2.75, 3.05) is 20.3 Å². The highest BCUT2D eigenvalue weighted by Gasteiger charge is 2.00. The molecule has 2 N–H and O–H groups in total. The van der Waals surface area contributed by atoms with Crippen LogP contribution in [0.5, 0.6) is 0 Å². The molecule has 0 atom stereocenters. The standard InChI is InChI=1S/C9H17N3O/c1-7-8(2)12-9(11-7)6-10-4-5-13-3/h10H,4-6H2,1-3H3,(H,11,12). The number of hydrogen-bond acceptors (Lipinski definition) is 3. The average molecular weight is 183 g/mol. The summed E-state index contributed by atoms with van der Waals surface area (Å²) < 4.78 is 4.92. The van der Waals surface area contributed by atoms with Gasteiger partial charge >= 0.3 is 0 Å². The molecule has 0 fully saturated rings. The van der Waals surface area contributed by atoms with E-state index in [9.17, 15) is 0 Å². The van der Waals surface area contributed by atoms with Crippen molar-refractivity contribution in [2.24, 2.45) is 0 Å². The molecule has 0 spiro atoms. The van der Waals surface area contributed by atoms with Gasteiger partial charge in [-0.05, 0) is 13.8 Å². The molecule has 0 aromatic carbocycles. The maximum absolute atomic E-state index is 4.92. The molecule has 1 heterocycles. The lowest BCUT2D eigenvalue weighted by Gasteiger charge is -2.00. The van der Waals surface area contributed by atoms with Gasteiger partial charge in [0.15, 0.2) is 0 Å². The lowest BCUT2D eigenvalue weighted by Crippen LogP contribution is -2.19. The number of aryl methyl sites for hydroxylation is 2. The van der Waals surface area contributed by atoms with Crippen LogP contribution in [0.2, 0.25) is 0 Å². The molecular formula is C9H17N3O. The second-order valence-corrected chi connectivity index (χ2v) is 3.06. The Kier molecular flexibility index (Phi) is 3.92. The minimum Gasteiger partial charge on any atom is -0.383 e. The first-order valence-electron chi connectivity index (χ1n) is 4.45. The molecular weight excluding hydrogens is 166 g/mol. The monoisotopic (exact) mass is 183 g/mol. The van der Waals surface area contributed by atoms with Crippen molar-refractivity contribution in [2.45, 2.75) is 20.4 Å². The van der Waals surface area contributed by atoms with Crippen molar-refractivity contribution in [1.82, 2.24) is 15.3 Å². The summed E-state index contributed by atoms with van der Waals surface area (Å²) >= 11 is 0. The molecule has 0 saturated heterocycles. The smallest absolute Gasteiger partial charge is 0.120 e. The lowest BCUT2D eigenvalue weighted by molar-refractivity contribution is 0.199. The number of H-pyrrole nitrogens is 1. The molecule has 0 aliphatic carbocycles. The number of imidazole rings is 1. The lowest BCUT2D eigenvalue weighted by atomic mass is 10.4. The number of nitrogens with one attached hydrogen (secondary N) is 2. The van der Waals surface area contributed by atoms with E-state index in [4.69, 9.17) is 4.74 Å². The van der Waals surface area contributed by atoms with Gasteiger partial charge in [0, 0.05) is 19.3 Å². The van der Waals surface area contributed by atoms with Crippen molar-refractivity contribution < 1.29 is 4.74 Å². The molecule has 0 aliphatic heterocycles. The Hall–Kier alpha value is -0.870. The SMILES string of the molecule is COCCNCc1nc(C)c(C)[nH]1. The van der Waals surface area contributed by atoms with E-state index >= 15 is 0 Å². The highest BCUT2D eigenvalue weighted by atomic mass is 16.5. The molecule has 4 nitrogen and oxygen atoms in total. The molecule has 0 radical (unpaired) electrons. The van der Waals surface area contributed by atoms with E-state index in [2.05, 4.69) is 15.3 Å². The fraction of sp³-hybridized carbons (Fsp3) is 0.667. The number of rotatable bonds is 5. The second kappa shape index (κ2) is 4.99. The van der Waals surface area contributed by atoms with E-state index in [1.807, 2.05) is 13.8 Å². The van der Waals surface area contributed by atoms with Crippen LogP contribution in [0, 0.1) is 13.8 Å². The van der Waals surface area contributed by atoms with Crippen molar-refractivity contribution in [3.05, 3.63) is 17.2 Å². The Labute approximate surface area is 78.7 Å². The summed E-state index contributed by atoms with van der Waals surface area (Å²) in [5.74, 6) is 0.992. The van der Waals surface area contributed by atoms with Gasteiger partial charge in [0.2, 0.25) is 0 Å². The van der Waals surface area contributed by atoms with Crippen LogP contribution in [0.1, 0.15) is 17.2 Å². The molecule has 13 heavy (non-hydrogen) atoms. The number of nitrogens with zero attached hydrogens (tertiary/aromatic N) is 1. The molecule has 74 valence electrons. The van der Waals surface area contributed by atoms with Gasteiger partial charge in [-0.3, -0.25) is 0 Å². The number of aromatic amines is 1. The van der Waals surface area contributed by atoms with Crippen LogP contribution in [0.4, 0.5) is 0 Å². The molecule has 1 aromatic heterocycles. The molecule has 4 heteroatoms. The third-order valence-corrected chi connectivity index (χ3v) is 1.95. The first-order valence-corrected chi connectivity index (χ1v) is 4.45. The number of ether oxygens (including phenoxy) is 1. The molecule has 0 saturated carbocycles. The topological polar surface area (TPSA) is 49.9 Å². The number of aromatic nitrogens is 2. The Morgan fingerprint density at radius 1 is 1.46 bits per heavy atom. The highest BCUT2D eigenvalue weighted by molar-refractivity contribution is 5.10. The Morgan fingerprint density at radius 3 is 2.77 bits per heavy atom. The van der Waals surface area contributed by atoms with Crippen molar-refractivity contribution in [1.29, 1.82) is 0 Å². The summed E-state index contributed by atoms with van der Waals surface area (Å²) in [6, 6.07) is 0. The van der Waals surface area contributed by atoms with Crippen LogP contribution in [0.3, 0.4) is 0 Å². The van der Waals surface area contributed by atoms with Gasteiger partial charge in [0.05, 0.1) is 18.8 Å². The van der Waals surface area contributed by atoms with Gasteiger partial charge in [-0.15, -0.1) is 0 Å². The normalized spacial score (nSPS) is 10.7. The van der Waals surface area contributed by atoms with Crippen LogP contribution in [-0.4, -0.2) is 30.2 Å². The quantitative estimate of drug-likeness (QED) is 0.663. The molecule has 0 amide bonds. The van der Waals surface area contributed by atoms with Crippen LogP contribution in [0.25, 0.3) is 0 Å². The summed E-state index contributed by atoms with van der Waals surface area (Å²) in [6.45, 7) is 6.40. The van der Waals surface area contributed by atoms with Gasteiger partial charge in [-0.25, -0.2) is 4.98 Å². The first kappa shape index (κ1) is 10.2. The zero-order valence-electron chi connectivity index (χ0n) is 8.48. The fourth-order valence-electron chi connectivity index (χ4n) is 1.09. The van der Waals surface area contributed by atoms with Crippen molar-refractivity contribution in [3.8, 4) is 0 Å². The number of hydrogen-bond donors (Lipinski definition) is 2. The van der Waals surface area contributed by atoms with Gasteiger partial charge in [0.25, 0.3) is 0 Å². The van der Waals surface area contributed by atoms with E-state index < -0.39 is 0 Å². The molecule has 1 aromatic rings. The molecule has 0 bridgehead atoms. The minimum absolute atomic E-state index is 0.735. The third-order valence-electron chi connectivity index (χ3n) is 1.95. The van der Waals surface area contributed by atoms with Crippen molar-refractivity contribution >= 4 is 0 Å². The molecule has 0 aliphatic rings. The third kappa shape index (κ3) is 3.16. The number of methoxy groups -OCH3 is 1. The average Bonchev–Trinajstić information content (AvgIpc) is 2.41. The Balaban J connectivity index is 2.29. The van der Waals surface area contributed by atoms with E-state index in [-0.39, 0.29) is 0 Å². The van der Waals surface area contributed by atoms with E-state index in [1.165, 1.54) is 0 Å². The Bertz CT molecular complexity index is 238. The van der Waals surface area contributed by atoms with Crippen LogP contribution < -0.4 is 5.32 Å². The molecule has 0 unspecified atom stereocenters. The van der Waals surface area contributed by atoms with E-state index in [1.54, 1.807) is 7.11 Å². The van der Waals surface area contributed by atoms with Crippen LogP contribution >= 0.6 is 0 Å². The predicted molar refractivity (Wildman–Crippen MR) is 51.6 cm³/mol. The first-order chi connectivity index (χ1) is 6.24. The van der Waals surface area contributed by atoms with Gasteiger partial charge in [-0.2, -0.15) is 0 Å². The van der Waals surface area contributed by atoms with E-state index in [0.29, 0.717) is 0 Å². The van der Waals surface area contributed by atoms with Crippen LogP contribution in [0.15, 0.2) is 0 Å². The zero-order chi connectivity index (χ0) is 9.68. The Morgan fingerprint density at radius 2 is 2.23 bits per heavy atom. The van der Waals surface area contributed by atoms with Gasteiger partial charge in [-0.1, -0.05) is 0 Å². The van der Waals surface area contributed by atoms with E-state index in [0.717, 1.165) is 36.9 Å². The van der Waals surface area contributed by atoms with Gasteiger partial charge < -0.3 is 15.0 Å². The summed E-state index contributed by atoms with van der Waals surface area (Å²) in [4.78, 5) is 7.56. The summed E-state index contributed by atoms with van der Waals surface area (Å²) in [7, 11) is 1.70. The maximum Gasteiger partial charge on any atom is 0.120 e. The second-order valence-electron chi connectivity index (χ2n) is 3.06. The predicted octanol–water partition coefficient (Wildman–Crippen LogP) is 0.763. The van der Waals surface area contributed by atoms with Crippen LogP contribution in [-0.2, 0) is 11.3 Å². The zero-order valence-corrected chi connectivity index (χ0v) is 8.48. The summed E-state index contributed by atoms with van der Waals surface area (Å²) in [5.41, 5.74) is 2.21.